The third-order valence-electron chi connectivity index (χ3n) is 5.52. The van der Waals surface area contributed by atoms with Crippen molar-refractivity contribution in [1.82, 2.24) is 14.9 Å². The van der Waals surface area contributed by atoms with E-state index < -0.39 is 6.10 Å². The van der Waals surface area contributed by atoms with Gasteiger partial charge in [0.1, 0.15) is 5.75 Å². The molecule has 33 heavy (non-hydrogen) atoms. The van der Waals surface area contributed by atoms with Crippen LogP contribution in [0.15, 0.2) is 73.1 Å². The second-order valence-electron chi connectivity index (χ2n) is 7.95. The number of imidazole rings is 1. The summed E-state index contributed by atoms with van der Waals surface area (Å²) in [7, 11) is 0. The SMILES string of the molecule is CC1Oc2ccc(NC(=O)NCc3ccc(Cn4cnc5ccccc54)cc3)cc2NC1=O. The first-order valence-corrected chi connectivity index (χ1v) is 10.7. The second-order valence-corrected chi connectivity index (χ2v) is 7.95. The Kier molecular flexibility index (Phi) is 5.40. The Labute approximate surface area is 190 Å². The van der Waals surface area contributed by atoms with Crippen LogP contribution in [0, 0.1) is 0 Å². The van der Waals surface area contributed by atoms with Gasteiger partial charge < -0.3 is 25.3 Å². The molecule has 2 heterocycles. The molecule has 5 rings (SSSR count). The number of benzene rings is 3. The second kappa shape index (κ2) is 8.66. The predicted octanol–water partition coefficient (Wildman–Crippen LogP) is 4.13. The monoisotopic (exact) mass is 441 g/mol. The van der Waals surface area contributed by atoms with Crippen molar-refractivity contribution < 1.29 is 14.3 Å². The summed E-state index contributed by atoms with van der Waals surface area (Å²) in [6.07, 6.45) is 1.31. The Morgan fingerprint density at radius 3 is 2.73 bits per heavy atom. The number of amides is 3. The number of nitrogens with zero attached hydrogens (tertiary/aromatic N) is 2. The largest absolute Gasteiger partial charge is 0.479 e. The maximum Gasteiger partial charge on any atom is 0.319 e. The normalized spacial score (nSPS) is 14.8. The minimum absolute atomic E-state index is 0.214. The molecule has 8 nitrogen and oxygen atoms in total. The average molecular weight is 441 g/mol. The molecule has 1 aliphatic heterocycles. The summed E-state index contributed by atoms with van der Waals surface area (Å²) < 4.78 is 7.64. The van der Waals surface area contributed by atoms with Crippen LogP contribution in [0.3, 0.4) is 0 Å². The lowest BCUT2D eigenvalue weighted by molar-refractivity contribution is -0.122. The molecular formula is C25H23N5O3. The molecule has 0 fully saturated rings. The van der Waals surface area contributed by atoms with Gasteiger partial charge in [0.15, 0.2) is 6.10 Å². The zero-order valence-electron chi connectivity index (χ0n) is 18.0. The molecule has 0 spiro atoms. The highest BCUT2D eigenvalue weighted by Gasteiger charge is 2.23. The Morgan fingerprint density at radius 1 is 1.09 bits per heavy atom. The van der Waals surface area contributed by atoms with Gasteiger partial charge in [-0.3, -0.25) is 4.79 Å². The molecule has 0 radical (unpaired) electrons. The number of rotatable bonds is 5. The first-order chi connectivity index (χ1) is 16.0. The molecule has 1 aromatic heterocycles. The van der Waals surface area contributed by atoms with Crippen LogP contribution >= 0.6 is 0 Å². The average Bonchev–Trinajstić information content (AvgIpc) is 3.22. The number of ether oxygens (including phenoxy) is 1. The van der Waals surface area contributed by atoms with E-state index in [1.54, 1.807) is 25.1 Å². The number of aromatic nitrogens is 2. The molecule has 0 saturated carbocycles. The Morgan fingerprint density at radius 2 is 1.88 bits per heavy atom. The molecule has 4 aromatic rings. The summed E-state index contributed by atoms with van der Waals surface area (Å²) in [5.41, 5.74) is 5.32. The zero-order valence-corrected chi connectivity index (χ0v) is 18.0. The Balaban J connectivity index is 1.16. The van der Waals surface area contributed by atoms with Gasteiger partial charge in [0.25, 0.3) is 5.91 Å². The highest BCUT2D eigenvalue weighted by molar-refractivity contribution is 5.99. The zero-order chi connectivity index (χ0) is 22.8. The first-order valence-electron chi connectivity index (χ1n) is 10.7. The lowest BCUT2D eigenvalue weighted by atomic mass is 10.1. The lowest BCUT2D eigenvalue weighted by Crippen LogP contribution is -2.34. The number of hydrogen-bond acceptors (Lipinski definition) is 4. The van der Waals surface area contributed by atoms with Gasteiger partial charge in [0, 0.05) is 18.8 Å². The van der Waals surface area contributed by atoms with Crippen molar-refractivity contribution in [2.24, 2.45) is 0 Å². The molecular weight excluding hydrogens is 418 g/mol. The molecule has 3 aromatic carbocycles. The topological polar surface area (TPSA) is 97.3 Å². The molecule has 8 heteroatoms. The number of nitrogens with one attached hydrogen (secondary N) is 3. The van der Waals surface area contributed by atoms with Crippen molar-refractivity contribution in [2.75, 3.05) is 10.6 Å². The number of anilines is 2. The van der Waals surface area contributed by atoms with Gasteiger partial charge in [-0.1, -0.05) is 36.4 Å². The van der Waals surface area contributed by atoms with E-state index in [1.165, 1.54) is 0 Å². The van der Waals surface area contributed by atoms with Gasteiger partial charge in [-0.25, -0.2) is 9.78 Å². The van der Waals surface area contributed by atoms with Crippen molar-refractivity contribution in [2.45, 2.75) is 26.1 Å². The summed E-state index contributed by atoms with van der Waals surface area (Å²) in [6, 6.07) is 21.0. The number of para-hydroxylation sites is 2. The van der Waals surface area contributed by atoms with Crippen molar-refractivity contribution in [3.05, 3.63) is 84.2 Å². The van der Waals surface area contributed by atoms with Crippen LogP contribution in [0.4, 0.5) is 16.2 Å². The third-order valence-corrected chi connectivity index (χ3v) is 5.52. The fraction of sp³-hybridized carbons (Fsp3) is 0.160. The molecule has 166 valence electrons. The van der Waals surface area contributed by atoms with Crippen LogP contribution in [0.2, 0.25) is 0 Å². The van der Waals surface area contributed by atoms with Crippen molar-refractivity contribution in [1.29, 1.82) is 0 Å². The molecule has 0 aliphatic carbocycles. The van der Waals surface area contributed by atoms with Gasteiger partial charge in [0.2, 0.25) is 0 Å². The molecule has 1 unspecified atom stereocenters. The Bertz CT molecular complexity index is 1330. The van der Waals surface area contributed by atoms with Gasteiger partial charge >= 0.3 is 6.03 Å². The van der Waals surface area contributed by atoms with E-state index in [0.717, 1.165) is 28.7 Å². The fourth-order valence-corrected chi connectivity index (χ4v) is 3.74. The van der Waals surface area contributed by atoms with Crippen molar-refractivity contribution in [3.8, 4) is 5.75 Å². The van der Waals surface area contributed by atoms with Gasteiger partial charge in [0.05, 0.1) is 23.0 Å². The number of carbonyl (C=O) groups excluding carboxylic acids is 2. The summed E-state index contributed by atoms with van der Waals surface area (Å²) in [5, 5.41) is 8.40. The summed E-state index contributed by atoms with van der Waals surface area (Å²) in [4.78, 5) is 28.5. The maximum atomic E-state index is 12.3. The van der Waals surface area contributed by atoms with Crippen LogP contribution in [0.5, 0.6) is 5.75 Å². The minimum atomic E-state index is -0.537. The maximum absolute atomic E-state index is 12.3. The standard InChI is InChI=1S/C25H23N5O3/c1-16-24(31)29-21-12-19(10-11-23(21)33-16)28-25(32)26-13-17-6-8-18(9-7-17)14-30-15-27-20-4-2-3-5-22(20)30/h2-12,15-16H,13-14H2,1H3,(H,29,31)(H2,26,28,32). The number of hydrogen-bond donors (Lipinski definition) is 3. The van der Waals surface area contributed by atoms with Crippen LogP contribution < -0.4 is 20.7 Å². The van der Waals surface area contributed by atoms with Gasteiger partial charge in [-0.2, -0.15) is 0 Å². The lowest BCUT2D eigenvalue weighted by Gasteiger charge is -2.23. The quantitative estimate of drug-likeness (QED) is 0.434. The molecule has 0 bridgehead atoms. The number of fused-ring (bicyclic) bond motifs is 2. The molecule has 1 aliphatic rings. The summed E-state index contributed by atoms with van der Waals surface area (Å²) in [5.74, 6) is 0.366. The van der Waals surface area contributed by atoms with Crippen LogP contribution in [0.1, 0.15) is 18.1 Å². The minimum Gasteiger partial charge on any atom is -0.479 e. The van der Waals surface area contributed by atoms with E-state index in [-0.39, 0.29) is 11.9 Å². The highest BCUT2D eigenvalue weighted by Crippen LogP contribution is 2.32. The summed E-state index contributed by atoms with van der Waals surface area (Å²) in [6.45, 7) is 2.80. The predicted molar refractivity (Wildman–Crippen MR) is 126 cm³/mol. The molecule has 1 atom stereocenters. The van der Waals surface area contributed by atoms with Gasteiger partial charge in [-0.15, -0.1) is 0 Å². The van der Waals surface area contributed by atoms with E-state index in [2.05, 4.69) is 43.7 Å². The molecule has 3 N–H and O–H groups in total. The first kappa shape index (κ1) is 20.6. The number of urea groups is 1. The van der Waals surface area contributed by atoms with E-state index in [9.17, 15) is 9.59 Å². The van der Waals surface area contributed by atoms with Crippen LogP contribution in [-0.2, 0) is 17.9 Å². The smallest absolute Gasteiger partial charge is 0.319 e. The fourth-order valence-electron chi connectivity index (χ4n) is 3.74. The molecule has 0 saturated heterocycles. The third kappa shape index (κ3) is 4.50. The van der Waals surface area contributed by atoms with E-state index >= 15 is 0 Å². The number of carbonyl (C=O) groups is 2. The van der Waals surface area contributed by atoms with Crippen LogP contribution in [0.25, 0.3) is 11.0 Å². The van der Waals surface area contributed by atoms with E-state index in [0.29, 0.717) is 23.7 Å². The van der Waals surface area contributed by atoms with Crippen molar-refractivity contribution >= 4 is 34.3 Å². The highest BCUT2D eigenvalue weighted by atomic mass is 16.5. The van der Waals surface area contributed by atoms with E-state index in [4.69, 9.17) is 4.74 Å². The summed E-state index contributed by atoms with van der Waals surface area (Å²) >= 11 is 0. The Hall–Kier alpha value is -4.33. The van der Waals surface area contributed by atoms with Crippen LogP contribution in [-0.4, -0.2) is 27.6 Å². The molecule has 3 amide bonds. The van der Waals surface area contributed by atoms with Gasteiger partial charge in [-0.05, 0) is 48.4 Å². The van der Waals surface area contributed by atoms with Crippen molar-refractivity contribution in [3.63, 3.8) is 0 Å². The van der Waals surface area contributed by atoms with E-state index in [1.807, 2.05) is 36.7 Å².